The topological polar surface area (TPSA) is 45.7 Å². The van der Waals surface area contributed by atoms with Crippen LogP contribution in [-0.4, -0.2) is 18.6 Å². The van der Waals surface area contributed by atoms with Gasteiger partial charge in [-0.1, -0.05) is 48.5 Å². The second-order valence-corrected chi connectivity index (χ2v) is 6.71. The van der Waals surface area contributed by atoms with Gasteiger partial charge in [-0.2, -0.15) is 0 Å². The molecule has 0 saturated carbocycles. The molecule has 2 N–H and O–H groups in total. The van der Waals surface area contributed by atoms with E-state index in [-0.39, 0.29) is 35.6 Å². The van der Waals surface area contributed by atoms with Crippen LogP contribution in [0.2, 0.25) is 0 Å². The Morgan fingerprint density at radius 1 is 1.12 bits per heavy atom. The van der Waals surface area contributed by atoms with Gasteiger partial charge < -0.3 is 15.4 Å². The highest BCUT2D eigenvalue weighted by atomic mass is 127. The molecular weight excluding hydrogens is 425 g/mol. The lowest BCUT2D eigenvalue weighted by molar-refractivity contribution is 0.0694. The minimum atomic E-state index is -0.204. The van der Waals surface area contributed by atoms with Crippen molar-refractivity contribution >= 4 is 29.9 Å². The molecule has 2 aromatic carbocycles. The zero-order chi connectivity index (χ0) is 17.0. The summed E-state index contributed by atoms with van der Waals surface area (Å²) in [7, 11) is 1.80. The van der Waals surface area contributed by atoms with Gasteiger partial charge in [-0.25, -0.2) is 0 Å². The van der Waals surface area contributed by atoms with Gasteiger partial charge in [0.1, 0.15) is 11.4 Å². The first kappa shape index (κ1) is 19.6. The number of aliphatic imine (C=N–C) groups is 1. The molecule has 3 rings (SSSR count). The van der Waals surface area contributed by atoms with Crippen LogP contribution in [-0.2, 0) is 6.54 Å². The van der Waals surface area contributed by atoms with Crippen molar-refractivity contribution in [2.75, 3.05) is 7.05 Å². The molecule has 1 aliphatic heterocycles. The van der Waals surface area contributed by atoms with Crippen LogP contribution in [0, 0.1) is 0 Å². The van der Waals surface area contributed by atoms with E-state index in [0.717, 1.165) is 24.7 Å². The molecule has 0 aromatic heterocycles. The summed E-state index contributed by atoms with van der Waals surface area (Å²) in [5.41, 5.74) is 2.21. The van der Waals surface area contributed by atoms with Gasteiger partial charge in [0.05, 0.1) is 6.04 Å². The highest BCUT2D eigenvalue weighted by Gasteiger charge is 2.33. The van der Waals surface area contributed by atoms with Crippen LogP contribution in [0.3, 0.4) is 0 Å². The van der Waals surface area contributed by atoms with Crippen LogP contribution in [0.15, 0.2) is 59.6 Å². The van der Waals surface area contributed by atoms with Gasteiger partial charge in [-0.05, 0) is 25.5 Å². The van der Waals surface area contributed by atoms with Crippen molar-refractivity contribution in [3.05, 3.63) is 65.7 Å². The summed E-state index contributed by atoms with van der Waals surface area (Å²) in [5.74, 6) is 1.75. The zero-order valence-electron chi connectivity index (χ0n) is 15.0. The van der Waals surface area contributed by atoms with Gasteiger partial charge in [0.25, 0.3) is 0 Å². The standard InChI is InChI=1S/C20H25N3O.HI/c1-20(2)13-17(16-11-7-8-12-18(16)24-20)23-19(21-3)22-14-15-9-5-4-6-10-15;/h4-12,17H,13-14H2,1-3H3,(H2,21,22,23);1H. The Hall–Kier alpha value is -1.76. The monoisotopic (exact) mass is 451 g/mol. The predicted molar refractivity (Wildman–Crippen MR) is 114 cm³/mol. The Morgan fingerprint density at radius 3 is 2.52 bits per heavy atom. The first-order chi connectivity index (χ1) is 11.6. The minimum Gasteiger partial charge on any atom is -0.487 e. The summed E-state index contributed by atoms with van der Waals surface area (Å²) in [4.78, 5) is 4.37. The Bertz CT molecular complexity index is 716. The number of para-hydroxylation sites is 1. The molecule has 1 heterocycles. The number of guanidine groups is 1. The SMILES string of the molecule is CN=C(NCc1ccccc1)NC1CC(C)(C)Oc2ccccc21.I. The Kier molecular flexibility index (Phi) is 6.70. The van der Waals surface area contributed by atoms with Gasteiger partial charge >= 0.3 is 0 Å². The third kappa shape index (κ3) is 5.11. The summed E-state index contributed by atoms with van der Waals surface area (Å²) in [6, 6.07) is 18.7. The second-order valence-electron chi connectivity index (χ2n) is 6.71. The third-order valence-electron chi connectivity index (χ3n) is 4.21. The fourth-order valence-electron chi connectivity index (χ4n) is 3.07. The van der Waals surface area contributed by atoms with Crippen molar-refractivity contribution in [1.29, 1.82) is 0 Å². The van der Waals surface area contributed by atoms with E-state index < -0.39 is 0 Å². The number of hydrogen-bond acceptors (Lipinski definition) is 2. The van der Waals surface area contributed by atoms with Crippen LogP contribution in [0.25, 0.3) is 0 Å². The number of hydrogen-bond donors (Lipinski definition) is 2. The summed E-state index contributed by atoms with van der Waals surface area (Å²) in [5, 5.41) is 6.94. The van der Waals surface area contributed by atoms with E-state index in [9.17, 15) is 0 Å². The van der Waals surface area contributed by atoms with Gasteiger partial charge in [0, 0.05) is 25.6 Å². The lowest BCUT2D eigenvalue weighted by atomic mass is 9.90. The molecule has 0 amide bonds. The van der Waals surface area contributed by atoms with Gasteiger partial charge in [0.15, 0.2) is 5.96 Å². The molecule has 1 unspecified atom stereocenters. The van der Waals surface area contributed by atoms with E-state index >= 15 is 0 Å². The molecule has 0 radical (unpaired) electrons. The first-order valence-electron chi connectivity index (χ1n) is 8.36. The number of rotatable bonds is 3. The maximum atomic E-state index is 6.09. The largest absolute Gasteiger partial charge is 0.487 e. The summed E-state index contributed by atoms with van der Waals surface area (Å²) >= 11 is 0. The molecule has 0 saturated heterocycles. The number of fused-ring (bicyclic) bond motifs is 1. The van der Waals surface area contributed by atoms with Gasteiger partial charge in [-0.15, -0.1) is 24.0 Å². The lowest BCUT2D eigenvalue weighted by Gasteiger charge is -2.38. The molecule has 0 bridgehead atoms. The summed E-state index contributed by atoms with van der Waals surface area (Å²) in [6.45, 7) is 4.99. The van der Waals surface area contributed by atoms with Crippen molar-refractivity contribution in [3.8, 4) is 5.75 Å². The average molecular weight is 451 g/mol. The van der Waals surface area contributed by atoms with E-state index in [4.69, 9.17) is 4.74 Å². The molecule has 5 heteroatoms. The average Bonchev–Trinajstić information content (AvgIpc) is 2.58. The number of nitrogens with one attached hydrogen (secondary N) is 2. The summed E-state index contributed by atoms with van der Waals surface area (Å²) < 4.78 is 6.09. The highest BCUT2D eigenvalue weighted by Crippen LogP contribution is 2.39. The molecule has 134 valence electrons. The number of benzene rings is 2. The molecular formula is C20H26IN3O. The Labute approximate surface area is 167 Å². The second kappa shape index (κ2) is 8.56. The predicted octanol–water partition coefficient (Wildman–Crippen LogP) is 4.27. The van der Waals surface area contributed by atoms with Crippen LogP contribution < -0.4 is 15.4 Å². The van der Waals surface area contributed by atoms with Gasteiger partial charge in [-0.3, -0.25) is 4.99 Å². The van der Waals surface area contributed by atoms with E-state index in [1.165, 1.54) is 11.1 Å². The van der Waals surface area contributed by atoms with Crippen LogP contribution in [0.5, 0.6) is 5.75 Å². The Morgan fingerprint density at radius 2 is 1.80 bits per heavy atom. The maximum Gasteiger partial charge on any atom is 0.191 e. The minimum absolute atomic E-state index is 0. The number of nitrogens with zero attached hydrogens (tertiary/aromatic N) is 1. The molecule has 0 spiro atoms. The third-order valence-corrected chi connectivity index (χ3v) is 4.21. The quantitative estimate of drug-likeness (QED) is 0.416. The van der Waals surface area contributed by atoms with Crippen molar-refractivity contribution in [2.24, 2.45) is 4.99 Å². The van der Waals surface area contributed by atoms with E-state index in [0.29, 0.717) is 0 Å². The summed E-state index contributed by atoms with van der Waals surface area (Å²) in [6.07, 6.45) is 0.885. The van der Waals surface area contributed by atoms with Crippen LogP contribution in [0.1, 0.15) is 37.4 Å². The normalized spacial score (nSPS) is 18.4. The number of ether oxygens (including phenoxy) is 1. The van der Waals surface area contributed by atoms with Crippen LogP contribution in [0.4, 0.5) is 0 Å². The lowest BCUT2D eigenvalue weighted by Crippen LogP contribution is -2.45. The highest BCUT2D eigenvalue weighted by molar-refractivity contribution is 14.0. The molecule has 2 aromatic rings. The van der Waals surface area contributed by atoms with E-state index in [2.05, 4.69) is 53.7 Å². The van der Waals surface area contributed by atoms with Crippen molar-refractivity contribution in [3.63, 3.8) is 0 Å². The zero-order valence-corrected chi connectivity index (χ0v) is 17.3. The molecule has 0 fully saturated rings. The first-order valence-corrected chi connectivity index (χ1v) is 8.36. The fourth-order valence-corrected chi connectivity index (χ4v) is 3.07. The van der Waals surface area contributed by atoms with E-state index in [1.54, 1.807) is 7.05 Å². The smallest absolute Gasteiger partial charge is 0.191 e. The van der Waals surface area contributed by atoms with Gasteiger partial charge in [0.2, 0.25) is 0 Å². The van der Waals surface area contributed by atoms with Crippen molar-refractivity contribution < 1.29 is 4.74 Å². The molecule has 0 aliphatic carbocycles. The maximum absolute atomic E-state index is 6.09. The van der Waals surface area contributed by atoms with E-state index in [1.807, 2.05) is 30.3 Å². The molecule has 1 atom stereocenters. The van der Waals surface area contributed by atoms with Crippen molar-refractivity contribution in [2.45, 2.75) is 38.5 Å². The molecule has 25 heavy (non-hydrogen) atoms. The van der Waals surface area contributed by atoms with Crippen LogP contribution >= 0.6 is 24.0 Å². The molecule has 4 nitrogen and oxygen atoms in total. The Balaban J connectivity index is 0.00000225. The molecule has 1 aliphatic rings. The number of halogens is 1. The fraction of sp³-hybridized carbons (Fsp3) is 0.350. The van der Waals surface area contributed by atoms with Crippen molar-refractivity contribution in [1.82, 2.24) is 10.6 Å².